The second-order valence-corrected chi connectivity index (χ2v) is 5.31. The zero-order valence-electron chi connectivity index (χ0n) is 9.24. The van der Waals surface area contributed by atoms with Crippen LogP contribution in [0.4, 0.5) is 0 Å². The van der Waals surface area contributed by atoms with Crippen molar-refractivity contribution in [1.29, 1.82) is 0 Å². The molecule has 0 spiro atoms. The average Bonchev–Trinajstić information content (AvgIpc) is 1.98. The van der Waals surface area contributed by atoms with Gasteiger partial charge >= 0.3 is 0 Å². The van der Waals surface area contributed by atoms with Crippen molar-refractivity contribution in [3.05, 3.63) is 0 Å². The minimum Gasteiger partial charge on any atom is -0.392 e. The van der Waals surface area contributed by atoms with Crippen molar-refractivity contribution < 1.29 is 28.3 Å². The predicted molar refractivity (Wildman–Crippen MR) is 57.6 cm³/mol. The summed E-state index contributed by atoms with van der Waals surface area (Å²) in [6.45, 7) is 2.76. The predicted octanol–water partition coefficient (Wildman–Crippen LogP) is -2.05. The Labute approximate surface area is 94.9 Å². The molecular formula is C8H19NO6S. The Bertz CT molecular complexity index is 281. The standard InChI is InChI=1S/C8H19NO6S/c1-5(10)8(6(2)11)9-3-7(12)4-16(13,14)15/h5-12H,3-4H2,1-2H3,(H,13,14,15). The van der Waals surface area contributed by atoms with Gasteiger partial charge in [-0.05, 0) is 13.8 Å². The zero-order chi connectivity index (χ0) is 12.9. The fourth-order valence-corrected chi connectivity index (χ4v) is 1.92. The van der Waals surface area contributed by atoms with Crippen molar-refractivity contribution in [3.8, 4) is 0 Å². The molecule has 0 aromatic carbocycles. The molecule has 0 heterocycles. The van der Waals surface area contributed by atoms with Gasteiger partial charge in [0, 0.05) is 6.54 Å². The number of hydrogen-bond acceptors (Lipinski definition) is 6. The monoisotopic (exact) mass is 257 g/mol. The van der Waals surface area contributed by atoms with E-state index < -0.39 is 40.2 Å². The Kier molecular flexibility index (Phi) is 6.38. The summed E-state index contributed by atoms with van der Waals surface area (Å²) in [7, 11) is -4.23. The molecule has 0 radical (unpaired) electrons. The highest BCUT2D eigenvalue weighted by molar-refractivity contribution is 7.85. The largest absolute Gasteiger partial charge is 0.392 e. The Morgan fingerprint density at radius 1 is 1.12 bits per heavy atom. The fraction of sp³-hybridized carbons (Fsp3) is 1.00. The Balaban J connectivity index is 4.12. The lowest BCUT2D eigenvalue weighted by Gasteiger charge is -2.25. The Morgan fingerprint density at radius 2 is 1.56 bits per heavy atom. The topological polar surface area (TPSA) is 127 Å². The lowest BCUT2D eigenvalue weighted by atomic mass is 10.1. The first-order chi connectivity index (χ1) is 7.13. The molecule has 5 N–H and O–H groups in total. The van der Waals surface area contributed by atoms with E-state index in [-0.39, 0.29) is 6.54 Å². The van der Waals surface area contributed by atoms with E-state index in [4.69, 9.17) is 4.55 Å². The molecule has 0 aromatic heterocycles. The molecule has 98 valence electrons. The molecule has 0 aliphatic carbocycles. The van der Waals surface area contributed by atoms with Gasteiger partial charge in [0.15, 0.2) is 0 Å². The van der Waals surface area contributed by atoms with Gasteiger partial charge in [0.05, 0.1) is 24.4 Å². The summed E-state index contributed by atoms with van der Waals surface area (Å²) >= 11 is 0. The van der Waals surface area contributed by atoms with Crippen LogP contribution in [0.3, 0.4) is 0 Å². The van der Waals surface area contributed by atoms with Gasteiger partial charge in [0.1, 0.15) is 5.75 Å². The number of aliphatic hydroxyl groups is 3. The van der Waals surface area contributed by atoms with Crippen LogP contribution in [0.5, 0.6) is 0 Å². The summed E-state index contributed by atoms with van der Waals surface area (Å²) in [5, 5.41) is 30.4. The number of aliphatic hydroxyl groups excluding tert-OH is 3. The summed E-state index contributed by atoms with van der Waals surface area (Å²) in [4.78, 5) is 0. The molecule has 0 saturated carbocycles. The van der Waals surface area contributed by atoms with Gasteiger partial charge < -0.3 is 20.6 Å². The molecule has 3 atom stereocenters. The molecule has 3 unspecified atom stereocenters. The lowest BCUT2D eigenvalue weighted by molar-refractivity contribution is 0.0502. The first-order valence-electron chi connectivity index (χ1n) is 4.86. The third kappa shape index (κ3) is 7.09. The molecule has 7 nitrogen and oxygen atoms in total. The minimum atomic E-state index is -4.23. The van der Waals surface area contributed by atoms with Crippen LogP contribution in [0.15, 0.2) is 0 Å². The summed E-state index contributed by atoms with van der Waals surface area (Å²) in [5.74, 6) is -0.785. The van der Waals surface area contributed by atoms with Crippen LogP contribution < -0.4 is 5.32 Å². The van der Waals surface area contributed by atoms with Crippen molar-refractivity contribution in [1.82, 2.24) is 5.32 Å². The first kappa shape index (κ1) is 15.8. The highest BCUT2D eigenvalue weighted by atomic mass is 32.2. The van der Waals surface area contributed by atoms with E-state index >= 15 is 0 Å². The number of hydrogen-bond donors (Lipinski definition) is 5. The van der Waals surface area contributed by atoms with Crippen molar-refractivity contribution in [2.45, 2.75) is 38.2 Å². The molecule has 0 aliphatic rings. The second kappa shape index (κ2) is 6.48. The van der Waals surface area contributed by atoms with Crippen LogP contribution in [-0.4, -0.2) is 64.9 Å². The fourth-order valence-electron chi connectivity index (χ4n) is 1.32. The zero-order valence-corrected chi connectivity index (χ0v) is 10.1. The number of rotatable bonds is 7. The first-order valence-corrected chi connectivity index (χ1v) is 6.47. The van der Waals surface area contributed by atoms with Gasteiger partial charge in [-0.1, -0.05) is 0 Å². The third-order valence-electron chi connectivity index (χ3n) is 2.03. The molecule has 16 heavy (non-hydrogen) atoms. The average molecular weight is 257 g/mol. The normalized spacial score (nSPS) is 20.1. The molecule has 0 aliphatic heterocycles. The third-order valence-corrected chi connectivity index (χ3v) is 2.84. The van der Waals surface area contributed by atoms with E-state index in [1.165, 1.54) is 13.8 Å². The molecule has 0 amide bonds. The van der Waals surface area contributed by atoms with E-state index in [1.54, 1.807) is 0 Å². The second-order valence-electron chi connectivity index (χ2n) is 3.82. The van der Waals surface area contributed by atoms with Crippen molar-refractivity contribution in [3.63, 3.8) is 0 Å². The van der Waals surface area contributed by atoms with Crippen LogP contribution >= 0.6 is 0 Å². The molecule has 0 aromatic rings. The molecule has 0 bridgehead atoms. The highest BCUT2D eigenvalue weighted by Crippen LogP contribution is 2.00. The van der Waals surface area contributed by atoms with Crippen molar-refractivity contribution in [2.24, 2.45) is 0 Å². The highest BCUT2D eigenvalue weighted by Gasteiger charge is 2.22. The lowest BCUT2D eigenvalue weighted by Crippen LogP contribution is -2.49. The van der Waals surface area contributed by atoms with Crippen molar-refractivity contribution >= 4 is 10.1 Å². The summed E-state index contributed by atoms with van der Waals surface area (Å²) in [6.07, 6.45) is -2.99. The number of nitrogens with one attached hydrogen (secondary N) is 1. The minimum absolute atomic E-state index is 0.153. The quantitative estimate of drug-likeness (QED) is 0.332. The van der Waals surface area contributed by atoms with Crippen LogP contribution in [0.2, 0.25) is 0 Å². The maximum atomic E-state index is 10.4. The van der Waals surface area contributed by atoms with Gasteiger partial charge in [-0.25, -0.2) is 0 Å². The van der Waals surface area contributed by atoms with Crippen LogP contribution in [0.25, 0.3) is 0 Å². The van der Waals surface area contributed by atoms with E-state index in [2.05, 4.69) is 5.32 Å². The van der Waals surface area contributed by atoms with E-state index in [1.807, 2.05) is 0 Å². The van der Waals surface area contributed by atoms with Gasteiger partial charge in [-0.2, -0.15) is 8.42 Å². The summed E-state index contributed by atoms with van der Waals surface area (Å²) in [6, 6.07) is -0.670. The Hall–Kier alpha value is -0.250. The van der Waals surface area contributed by atoms with Crippen LogP contribution in [-0.2, 0) is 10.1 Å². The van der Waals surface area contributed by atoms with E-state index in [9.17, 15) is 23.7 Å². The van der Waals surface area contributed by atoms with Gasteiger partial charge in [0.25, 0.3) is 10.1 Å². The SMILES string of the molecule is CC(O)C(NCC(O)CS(=O)(=O)O)C(C)O. The molecule has 0 rings (SSSR count). The van der Waals surface area contributed by atoms with Gasteiger partial charge in [0.2, 0.25) is 0 Å². The van der Waals surface area contributed by atoms with Gasteiger partial charge in [-0.3, -0.25) is 4.55 Å². The molecular weight excluding hydrogens is 238 g/mol. The Morgan fingerprint density at radius 3 is 1.88 bits per heavy atom. The van der Waals surface area contributed by atoms with Crippen LogP contribution in [0.1, 0.15) is 13.8 Å². The van der Waals surface area contributed by atoms with Crippen LogP contribution in [0, 0.1) is 0 Å². The summed E-state index contributed by atoms with van der Waals surface area (Å²) < 4.78 is 29.3. The molecule has 0 fully saturated rings. The molecule has 0 saturated heterocycles. The van der Waals surface area contributed by atoms with Gasteiger partial charge in [-0.15, -0.1) is 0 Å². The maximum absolute atomic E-state index is 10.4. The maximum Gasteiger partial charge on any atom is 0.267 e. The van der Waals surface area contributed by atoms with Crippen molar-refractivity contribution in [2.75, 3.05) is 12.3 Å². The summed E-state index contributed by atoms with van der Waals surface area (Å²) in [5.41, 5.74) is 0. The molecule has 8 heteroatoms. The van der Waals surface area contributed by atoms with E-state index in [0.717, 1.165) is 0 Å². The smallest absolute Gasteiger partial charge is 0.267 e. The van der Waals surface area contributed by atoms with E-state index in [0.29, 0.717) is 0 Å².